The van der Waals surface area contributed by atoms with Crippen LogP contribution in [0.2, 0.25) is 0 Å². The van der Waals surface area contributed by atoms with Crippen molar-refractivity contribution >= 4 is 11.6 Å². The van der Waals surface area contributed by atoms with Crippen LogP contribution in [0.4, 0.5) is 10.1 Å². The Balaban J connectivity index is 1.60. The van der Waals surface area contributed by atoms with Crippen LogP contribution in [0.1, 0.15) is 32.1 Å². The van der Waals surface area contributed by atoms with E-state index in [0.717, 1.165) is 18.5 Å². The smallest absolute Gasteiger partial charge is 0.226 e. The highest BCUT2D eigenvalue weighted by Crippen LogP contribution is 2.33. The first-order valence-corrected chi connectivity index (χ1v) is 7.40. The van der Waals surface area contributed by atoms with Crippen molar-refractivity contribution in [1.82, 2.24) is 5.32 Å². The van der Waals surface area contributed by atoms with E-state index in [9.17, 15) is 9.18 Å². The van der Waals surface area contributed by atoms with Gasteiger partial charge in [-0.1, -0.05) is 0 Å². The Morgan fingerprint density at radius 1 is 1.25 bits per heavy atom. The van der Waals surface area contributed by atoms with Gasteiger partial charge in [0, 0.05) is 31.2 Å². The number of benzene rings is 1. The second-order valence-corrected chi connectivity index (χ2v) is 6.11. The van der Waals surface area contributed by atoms with E-state index in [4.69, 9.17) is 0 Å². The zero-order valence-electron chi connectivity index (χ0n) is 11.8. The molecule has 2 heterocycles. The van der Waals surface area contributed by atoms with Gasteiger partial charge in [-0.3, -0.25) is 4.79 Å². The lowest BCUT2D eigenvalue weighted by molar-refractivity contribution is -0.119. The first-order valence-electron chi connectivity index (χ1n) is 7.40. The Kier molecular flexibility index (Phi) is 3.74. The summed E-state index contributed by atoms with van der Waals surface area (Å²) in [7, 11) is 1.77. The Bertz CT molecular complexity index is 476. The number of halogens is 1. The van der Waals surface area contributed by atoms with Gasteiger partial charge in [0.15, 0.2) is 0 Å². The summed E-state index contributed by atoms with van der Waals surface area (Å²) in [5.74, 6) is 0.344. The van der Waals surface area contributed by atoms with Crippen molar-refractivity contribution in [3.05, 3.63) is 30.1 Å². The molecule has 2 aliphatic heterocycles. The monoisotopic (exact) mass is 276 g/mol. The quantitative estimate of drug-likeness (QED) is 0.920. The summed E-state index contributed by atoms with van der Waals surface area (Å²) >= 11 is 0. The van der Waals surface area contributed by atoms with Crippen LogP contribution in [-0.4, -0.2) is 25.0 Å². The lowest BCUT2D eigenvalue weighted by Crippen LogP contribution is -2.40. The maximum Gasteiger partial charge on any atom is 0.226 e. The molecule has 0 radical (unpaired) electrons. The zero-order chi connectivity index (χ0) is 14.1. The molecule has 2 aliphatic rings. The third-order valence-electron chi connectivity index (χ3n) is 4.62. The van der Waals surface area contributed by atoms with Crippen LogP contribution in [0, 0.1) is 11.7 Å². The van der Waals surface area contributed by atoms with Gasteiger partial charge in [0.25, 0.3) is 0 Å². The summed E-state index contributed by atoms with van der Waals surface area (Å²) in [6.07, 6.45) is 5.33. The molecule has 2 atom stereocenters. The normalized spacial score (nSPS) is 28.4. The molecule has 0 saturated carbocycles. The Morgan fingerprint density at radius 3 is 2.45 bits per heavy atom. The fourth-order valence-electron chi connectivity index (χ4n) is 3.53. The molecule has 2 saturated heterocycles. The Hall–Kier alpha value is -1.42. The van der Waals surface area contributed by atoms with Gasteiger partial charge in [0.2, 0.25) is 5.91 Å². The molecule has 1 N–H and O–H groups in total. The van der Waals surface area contributed by atoms with E-state index in [1.807, 2.05) is 0 Å². The van der Waals surface area contributed by atoms with Gasteiger partial charge >= 0.3 is 0 Å². The first-order chi connectivity index (χ1) is 9.61. The predicted molar refractivity (Wildman–Crippen MR) is 77.1 cm³/mol. The van der Waals surface area contributed by atoms with Crippen LogP contribution in [0.25, 0.3) is 0 Å². The van der Waals surface area contributed by atoms with Crippen molar-refractivity contribution in [3.8, 4) is 0 Å². The fraction of sp³-hybridized carbons (Fsp3) is 0.562. The number of hydrogen-bond donors (Lipinski definition) is 1. The molecule has 3 rings (SSSR count). The highest BCUT2D eigenvalue weighted by Gasteiger charge is 2.34. The van der Waals surface area contributed by atoms with E-state index < -0.39 is 0 Å². The SMILES string of the molecule is CN(C(=O)CC1CC2CCC(C1)N2)c1ccc(F)cc1. The van der Waals surface area contributed by atoms with Crippen molar-refractivity contribution in [1.29, 1.82) is 0 Å². The summed E-state index contributed by atoms with van der Waals surface area (Å²) < 4.78 is 12.9. The maximum absolute atomic E-state index is 12.9. The van der Waals surface area contributed by atoms with Gasteiger partial charge in [0.1, 0.15) is 5.82 Å². The van der Waals surface area contributed by atoms with Crippen molar-refractivity contribution in [2.75, 3.05) is 11.9 Å². The number of carbonyl (C=O) groups excluding carboxylic acids is 1. The van der Waals surface area contributed by atoms with Gasteiger partial charge in [0.05, 0.1) is 0 Å². The van der Waals surface area contributed by atoms with Gasteiger partial charge in [-0.15, -0.1) is 0 Å². The molecule has 1 aromatic rings. The van der Waals surface area contributed by atoms with E-state index in [-0.39, 0.29) is 11.7 Å². The minimum Gasteiger partial charge on any atom is -0.315 e. The molecular formula is C16H21FN2O. The number of nitrogens with zero attached hydrogens (tertiary/aromatic N) is 1. The van der Waals surface area contributed by atoms with Crippen molar-refractivity contribution in [2.45, 2.75) is 44.2 Å². The Labute approximate surface area is 119 Å². The van der Waals surface area contributed by atoms with Crippen molar-refractivity contribution < 1.29 is 9.18 Å². The topological polar surface area (TPSA) is 32.3 Å². The average molecular weight is 276 g/mol. The van der Waals surface area contributed by atoms with E-state index in [1.165, 1.54) is 25.0 Å². The summed E-state index contributed by atoms with van der Waals surface area (Å²) in [5.41, 5.74) is 0.758. The van der Waals surface area contributed by atoms with E-state index in [1.54, 1.807) is 24.1 Å². The minimum atomic E-state index is -0.274. The molecule has 2 unspecified atom stereocenters. The highest BCUT2D eigenvalue weighted by molar-refractivity contribution is 5.92. The van der Waals surface area contributed by atoms with Crippen molar-refractivity contribution in [2.24, 2.45) is 5.92 Å². The lowest BCUT2D eigenvalue weighted by atomic mass is 9.89. The number of fused-ring (bicyclic) bond motifs is 2. The highest BCUT2D eigenvalue weighted by atomic mass is 19.1. The Morgan fingerprint density at radius 2 is 1.85 bits per heavy atom. The van der Waals surface area contributed by atoms with E-state index >= 15 is 0 Å². The van der Waals surface area contributed by atoms with Crippen LogP contribution in [0.15, 0.2) is 24.3 Å². The molecular weight excluding hydrogens is 255 g/mol. The second kappa shape index (κ2) is 5.52. The molecule has 4 heteroatoms. The molecule has 0 spiro atoms. The first kappa shape index (κ1) is 13.6. The maximum atomic E-state index is 12.9. The van der Waals surface area contributed by atoms with Crippen LogP contribution in [0.5, 0.6) is 0 Å². The van der Waals surface area contributed by atoms with Gasteiger partial charge in [-0.2, -0.15) is 0 Å². The molecule has 1 amide bonds. The molecule has 1 aromatic carbocycles. The van der Waals surface area contributed by atoms with Gasteiger partial charge in [-0.05, 0) is 55.9 Å². The third-order valence-corrected chi connectivity index (χ3v) is 4.62. The molecule has 2 fully saturated rings. The van der Waals surface area contributed by atoms with Gasteiger partial charge < -0.3 is 10.2 Å². The molecule has 0 aliphatic carbocycles. The number of piperidine rings is 1. The van der Waals surface area contributed by atoms with E-state index in [0.29, 0.717) is 24.4 Å². The van der Waals surface area contributed by atoms with Gasteiger partial charge in [-0.25, -0.2) is 4.39 Å². The number of rotatable bonds is 3. The molecule has 0 aromatic heterocycles. The molecule has 2 bridgehead atoms. The van der Waals surface area contributed by atoms with Crippen LogP contribution in [-0.2, 0) is 4.79 Å². The zero-order valence-corrected chi connectivity index (χ0v) is 11.8. The van der Waals surface area contributed by atoms with E-state index in [2.05, 4.69) is 5.32 Å². The standard InChI is InChI=1S/C16H21FN2O/c1-19(15-6-2-12(17)3-7-15)16(20)10-11-8-13-4-5-14(9-11)18-13/h2-3,6-7,11,13-14,18H,4-5,8-10H2,1H3. The largest absolute Gasteiger partial charge is 0.315 e. The predicted octanol–water partition coefficient (Wildman–Crippen LogP) is 2.71. The fourth-order valence-corrected chi connectivity index (χ4v) is 3.53. The summed E-state index contributed by atoms with van der Waals surface area (Å²) in [4.78, 5) is 14.0. The van der Waals surface area contributed by atoms with Crippen LogP contribution < -0.4 is 10.2 Å². The number of nitrogens with one attached hydrogen (secondary N) is 1. The summed E-state index contributed by atoms with van der Waals surface area (Å²) in [6.45, 7) is 0. The summed E-state index contributed by atoms with van der Waals surface area (Å²) in [5, 5.41) is 3.59. The number of amides is 1. The minimum absolute atomic E-state index is 0.128. The third kappa shape index (κ3) is 2.85. The lowest BCUT2D eigenvalue weighted by Gasteiger charge is -2.30. The molecule has 20 heavy (non-hydrogen) atoms. The summed E-state index contributed by atoms with van der Waals surface area (Å²) in [6, 6.07) is 7.32. The number of hydrogen-bond acceptors (Lipinski definition) is 2. The van der Waals surface area contributed by atoms with Crippen LogP contribution in [0.3, 0.4) is 0 Å². The number of anilines is 1. The second-order valence-electron chi connectivity index (χ2n) is 6.11. The molecule has 3 nitrogen and oxygen atoms in total. The van der Waals surface area contributed by atoms with Crippen LogP contribution >= 0.6 is 0 Å². The average Bonchev–Trinajstić information content (AvgIpc) is 2.78. The molecule has 108 valence electrons. The van der Waals surface area contributed by atoms with Crippen molar-refractivity contribution in [3.63, 3.8) is 0 Å². The number of carbonyl (C=O) groups is 1.